The molecule has 0 fully saturated rings. The molecule has 1 unspecified atom stereocenters. The van der Waals surface area contributed by atoms with Gasteiger partial charge in [0, 0.05) is 11.1 Å². The topological polar surface area (TPSA) is 54.4 Å². The first-order valence-corrected chi connectivity index (χ1v) is 8.76. The van der Waals surface area contributed by atoms with Crippen molar-refractivity contribution in [2.75, 3.05) is 5.75 Å². The Hall–Kier alpha value is -1.07. The van der Waals surface area contributed by atoms with Crippen molar-refractivity contribution in [2.45, 2.75) is 16.9 Å². The first-order chi connectivity index (χ1) is 9.86. The van der Waals surface area contributed by atoms with Gasteiger partial charge in [0.25, 0.3) is 0 Å². The minimum atomic E-state index is -3.38. The number of aliphatic hydroxyl groups is 1. The van der Waals surface area contributed by atoms with Gasteiger partial charge in [0.2, 0.25) is 0 Å². The second-order valence-corrected chi connectivity index (χ2v) is 7.89. The van der Waals surface area contributed by atoms with Crippen LogP contribution in [0.3, 0.4) is 0 Å². The SMILES string of the molecule is O=S1(=O)CCC(O)(c2cccc(Cl)c2Cl)c2ccccc21. The van der Waals surface area contributed by atoms with Crippen molar-refractivity contribution in [3.05, 3.63) is 63.6 Å². The molecule has 1 atom stereocenters. The van der Waals surface area contributed by atoms with Crippen molar-refractivity contribution in [1.82, 2.24) is 0 Å². The van der Waals surface area contributed by atoms with Crippen LogP contribution in [-0.2, 0) is 15.4 Å². The summed E-state index contributed by atoms with van der Waals surface area (Å²) in [6.07, 6.45) is 0.0480. The average molecular weight is 343 g/mol. The van der Waals surface area contributed by atoms with E-state index in [4.69, 9.17) is 23.2 Å². The minimum absolute atomic E-state index is 0.0480. The van der Waals surface area contributed by atoms with Crippen LogP contribution >= 0.6 is 23.2 Å². The fourth-order valence-electron chi connectivity index (χ4n) is 2.71. The van der Waals surface area contributed by atoms with Gasteiger partial charge in [-0.25, -0.2) is 8.42 Å². The second kappa shape index (κ2) is 4.99. The van der Waals surface area contributed by atoms with Crippen molar-refractivity contribution in [3.8, 4) is 0 Å². The first-order valence-electron chi connectivity index (χ1n) is 6.35. The molecule has 21 heavy (non-hydrogen) atoms. The molecule has 6 heteroatoms. The summed E-state index contributed by atoms with van der Waals surface area (Å²) in [6, 6.07) is 11.4. The Kier molecular flexibility index (Phi) is 3.53. The molecule has 0 aliphatic carbocycles. The quantitative estimate of drug-likeness (QED) is 0.863. The molecule has 0 bridgehead atoms. The van der Waals surface area contributed by atoms with E-state index in [9.17, 15) is 13.5 Å². The van der Waals surface area contributed by atoms with E-state index in [1.807, 2.05) is 0 Å². The fraction of sp³-hybridized carbons (Fsp3) is 0.200. The molecule has 3 nitrogen and oxygen atoms in total. The van der Waals surface area contributed by atoms with Crippen LogP contribution in [-0.4, -0.2) is 19.3 Å². The number of halogens is 2. The van der Waals surface area contributed by atoms with Gasteiger partial charge in [-0.2, -0.15) is 0 Å². The second-order valence-electron chi connectivity index (χ2n) is 5.03. The summed E-state index contributed by atoms with van der Waals surface area (Å²) in [5.41, 5.74) is -0.677. The minimum Gasteiger partial charge on any atom is -0.380 e. The molecule has 1 aliphatic heterocycles. The van der Waals surface area contributed by atoms with Crippen molar-refractivity contribution in [3.63, 3.8) is 0 Å². The van der Waals surface area contributed by atoms with Crippen molar-refractivity contribution >= 4 is 33.0 Å². The van der Waals surface area contributed by atoms with Gasteiger partial charge in [0.05, 0.1) is 20.7 Å². The molecule has 2 aromatic carbocycles. The van der Waals surface area contributed by atoms with E-state index in [0.29, 0.717) is 16.1 Å². The molecule has 0 aromatic heterocycles. The number of fused-ring (bicyclic) bond motifs is 1. The predicted molar refractivity (Wildman–Crippen MR) is 82.6 cm³/mol. The van der Waals surface area contributed by atoms with Gasteiger partial charge in [0.15, 0.2) is 9.84 Å². The molecule has 0 saturated heterocycles. The third-order valence-corrected chi connectivity index (χ3v) is 6.38. The lowest BCUT2D eigenvalue weighted by Crippen LogP contribution is -2.36. The Labute approximate surface area is 133 Å². The maximum Gasteiger partial charge on any atom is 0.178 e. The van der Waals surface area contributed by atoms with Gasteiger partial charge >= 0.3 is 0 Å². The number of sulfone groups is 1. The van der Waals surface area contributed by atoms with Crippen molar-refractivity contribution in [1.29, 1.82) is 0 Å². The summed E-state index contributed by atoms with van der Waals surface area (Å²) < 4.78 is 24.3. The van der Waals surface area contributed by atoms with Crippen LogP contribution in [0.2, 0.25) is 10.0 Å². The van der Waals surface area contributed by atoms with Gasteiger partial charge in [-0.3, -0.25) is 0 Å². The van der Waals surface area contributed by atoms with E-state index in [1.54, 1.807) is 36.4 Å². The normalized spacial score (nSPS) is 23.6. The van der Waals surface area contributed by atoms with Gasteiger partial charge in [-0.05, 0) is 18.6 Å². The van der Waals surface area contributed by atoms with E-state index >= 15 is 0 Å². The molecular weight excluding hydrogens is 331 g/mol. The lowest BCUT2D eigenvalue weighted by molar-refractivity contribution is 0.0719. The summed E-state index contributed by atoms with van der Waals surface area (Å²) in [7, 11) is -3.38. The molecule has 1 aliphatic rings. The van der Waals surface area contributed by atoms with Gasteiger partial charge in [0.1, 0.15) is 5.60 Å². The summed E-state index contributed by atoms with van der Waals surface area (Å²) in [5.74, 6) is -0.136. The molecule has 110 valence electrons. The molecule has 2 aromatic rings. The fourth-order valence-corrected chi connectivity index (χ4v) is 4.81. The van der Waals surface area contributed by atoms with Gasteiger partial charge in [-0.1, -0.05) is 53.5 Å². The maximum atomic E-state index is 12.2. The number of rotatable bonds is 1. The molecule has 1 heterocycles. The van der Waals surface area contributed by atoms with Crippen LogP contribution in [0.4, 0.5) is 0 Å². The Morgan fingerprint density at radius 2 is 1.67 bits per heavy atom. The Balaban J connectivity index is 2.30. The number of benzene rings is 2. The zero-order valence-electron chi connectivity index (χ0n) is 10.9. The van der Waals surface area contributed by atoms with E-state index in [1.165, 1.54) is 6.07 Å². The van der Waals surface area contributed by atoms with E-state index in [0.717, 1.165) is 0 Å². The van der Waals surface area contributed by atoms with Crippen LogP contribution in [0.1, 0.15) is 17.5 Å². The summed E-state index contributed by atoms with van der Waals surface area (Å²) in [6.45, 7) is 0. The Morgan fingerprint density at radius 1 is 1.00 bits per heavy atom. The maximum absolute atomic E-state index is 12.2. The first kappa shape index (κ1) is 14.9. The van der Waals surface area contributed by atoms with Crippen molar-refractivity contribution < 1.29 is 13.5 Å². The third kappa shape index (κ3) is 2.27. The largest absolute Gasteiger partial charge is 0.380 e. The Bertz CT molecular complexity index is 817. The van der Waals surface area contributed by atoms with Crippen molar-refractivity contribution in [2.24, 2.45) is 0 Å². The highest BCUT2D eigenvalue weighted by Gasteiger charge is 2.43. The van der Waals surface area contributed by atoms with Crippen LogP contribution in [0.5, 0.6) is 0 Å². The lowest BCUT2D eigenvalue weighted by Gasteiger charge is -2.35. The number of hydrogen-bond acceptors (Lipinski definition) is 3. The van der Waals surface area contributed by atoms with Crippen LogP contribution in [0.25, 0.3) is 0 Å². The number of hydrogen-bond donors (Lipinski definition) is 1. The van der Waals surface area contributed by atoms with E-state index < -0.39 is 15.4 Å². The van der Waals surface area contributed by atoms with E-state index in [-0.39, 0.29) is 22.1 Å². The molecule has 0 amide bonds. The summed E-state index contributed by atoms with van der Waals surface area (Å²) in [5, 5.41) is 11.7. The molecule has 0 spiro atoms. The van der Waals surface area contributed by atoms with E-state index in [2.05, 4.69) is 0 Å². The van der Waals surface area contributed by atoms with Crippen LogP contribution < -0.4 is 0 Å². The standard InChI is InChI=1S/C15H12Cl2O3S/c16-12-6-3-5-11(14(12)17)15(18)8-9-21(19,20)13-7-2-1-4-10(13)15/h1-7,18H,8-9H2. The highest BCUT2D eigenvalue weighted by atomic mass is 35.5. The highest BCUT2D eigenvalue weighted by Crippen LogP contribution is 2.45. The zero-order chi connectivity index (χ0) is 15.3. The average Bonchev–Trinajstić information content (AvgIpc) is 2.47. The molecule has 1 N–H and O–H groups in total. The molecule has 0 saturated carbocycles. The van der Waals surface area contributed by atoms with Crippen LogP contribution in [0, 0.1) is 0 Å². The van der Waals surface area contributed by atoms with Gasteiger partial charge in [-0.15, -0.1) is 0 Å². The molecule has 0 radical (unpaired) electrons. The Morgan fingerprint density at radius 3 is 2.43 bits per heavy atom. The highest BCUT2D eigenvalue weighted by molar-refractivity contribution is 7.91. The monoisotopic (exact) mass is 342 g/mol. The lowest BCUT2D eigenvalue weighted by atomic mass is 9.83. The zero-order valence-corrected chi connectivity index (χ0v) is 13.2. The molecule has 3 rings (SSSR count). The molecular formula is C15H12Cl2O3S. The van der Waals surface area contributed by atoms with Crippen LogP contribution in [0.15, 0.2) is 47.4 Å². The summed E-state index contributed by atoms with van der Waals surface area (Å²) in [4.78, 5) is 0.148. The summed E-state index contributed by atoms with van der Waals surface area (Å²) >= 11 is 12.2. The van der Waals surface area contributed by atoms with Gasteiger partial charge < -0.3 is 5.11 Å². The third-order valence-electron chi connectivity index (χ3n) is 3.80. The smallest absolute Gasteiger partial charge is 0.178 e. The predicted octanol–water partition coefficient (Wildman–Crippen LogP) is 3.41.